The third kappa shape index (κ3) is 3.40. The number of amides is 2. The van der Waals surface area contributed by atoms with Crippen LogP contribution in [0.2, 0.25) is 0 Å². The van der Waals surface area contributed by atoms with Crippen molar-refractivity contribution in [3.8, 4) is 0 Å². The molecule has 0 N–H and O–H groups in total. The van der Waals surface area contributed by atoms with E-state index in [-0.39, 0.29) is 18.3 Å². The summed E-state index contributed by atoms with van der Waals surface area (Å²) < 4.78 is 11.0. The monoisotopic (exact) mass is 397 g/mol. The summed E-state index contributed by atoms with van der Waals surface area (Å²) in [6, 6.07) is 9.20. The molecule has 1 spiro atoms. The second-order valence-corrected chi connectivity index (χ2v) is 7.41. The zero-order valence-corrected chi connectivity index (χ0v) is 16.0. The van der Waals surface area contributed by atoms with Crippen LogP contribution in [-0.4, -0.2) is 59.0 Å². The summed E-state index contributed by atoms with van der Waals surface area (Å²) in [5.41, 5.74) is 0.498. The van der Waals surface area contributed by atoms with Crippen LogP contribution >= 0.6 is 0 Å². The number of rotatable bonds is 3. The van der Waals surface area contributed by atoms with E-state index in [1.54, 1.807) is 17.0 Å². The van der Waals surface area contributed by atoms with E-state index in [4.69, 9.17) is 9.15 Å². The first-order valence-corrected chi connectivity index (χ1v) is 9.49. The molecule has 29 heavy (non-hydrogen) atoms. The molecule has 0 radical (unpaired) electrons. The lowest BCUT2D eigenvalue weighted by Crippen LogP contribution is -2.60. The number of hydrogen-bond donors (Lipinski definition) is 0. The molecule has 2 amide bonds. The average molecular weight is 397 g/mol. The fraction of sp³-hybridized carbons (Fsp3) is 0.381. The Morgan fingerprint density at radius 3 is 2.48 bits per heavy atom. The van der Waals surface area contributed by atoms with Gasteiger partial charge in [0.2, 0.25) is 0 Å². The van der Waals surface area contributed by atoms with E-state index in [1.807, 2.05) is 25.1 Å². The molecule has 8 heteroatoms. The third-order valence-corrected chi connectivity index (χ3v) is 5.58. The number of carbonyl (C=O) groups is 3. The Balaban J connectivity index is 1.54. The molecule has 0 bridgehead atoms. The molecule has 2 aliphatic rings. The van der Waals surface area contributed by atoms with Gasteiger partial charge in [0.05, 0.1) is 24.9 Å². The van der Waals surface area contributed by atoms with E-state index in [0.29, 0.717) is 31.5 Å². The van der Waals surface area contributed by atoms with Gasteiger partial charge in [0.1, 0.15) is 5.72 Å². The predicted octanol–water partition coefficient (Wildman–Crippen LogP) is 0.811. The standard InChI is InChI=1S/C21H22N2O6/c1-14-4-2-5-15(12-14)18(24)22-9-7-21(8-10-22)23(16(13-29-21)20(26)27)19(25)17-6-3-11-28-17/h2-6,11-12,16H,7-10,13H2,1H3,(H,26,27)/p-1/t16-/m1/s1. The van der Waals surface area contributed by atoms with Crippen molar-refractivity contribution in [3.05, 3.63) is 59.5 Å². The molecule has 0 aliphatic carbocycles. The molecule has 1 atom stereocenters. The fourth-order valence-corrected chi connectivity index (χ4v) is 4.09. The molecule has 1 aromatic carbocycles. The van der Waals surface area contributed by atoms with Crippen molar-refractivity contribution < 1.29 is 28.6 Å². The zero-order valence-electron chi connectivity index (χ0n) is 16.0. The molecule has 1 aromatic heterocycles. The van der Waals surface area contributed by atoms with Crippen LogP contribution < -0.4 is 5.11 Å². The minimum absolute atomic E-state index is 0.0411. The summed E-state index contributed by atoms with van der Waals surface area (Å²) in [6.45, 7) is 2.45. The highest BCUT2D eigenvalue weighted by atomic mass is 16.5. The molecule has 152 valence electrons. The first-order chi connectivity index (χ1) is 13.9. The number of ether oxygens (including phenoxy) is 1. The molecule has 4 rings (SSSR count). The summed E-state index contributed by atoms with van der Waals surface area (Å²) in [4.78, 5) is 40.3. The maximum atomic E-state index is 13.0. The number of aryl methyl sites for hydroxylation is 1. The van der Waals surface area contributed by atoms with Crippen LogP contribution in [0.3, 0.4) is 0 Å². The second-order valence-electron chi connectivity index (χ2n) is 7.41. The van der Waals surface area contributed by atoms with E-state index >= 15 is 0 Å². The molecular formula is C21H21N2O6-. The Hall–Kier alpha value is -3.13. The lowest BCUT2D eigenvalue weighted by molar-refractivity contribution is -0.310. The normalized spacial score (nSPS) is 20.8. The maximum Gasteiger partial charge on any atom is 0.292 e. The molecule has 8 nitrogen and oxygen atoms in total. The van der Waals surface area contributed by atoms with Gasteiger partial charge >= 0.3 is 0 Å². The molecule has 2 aliphatic heterocycles. The largest absolute Gasteiger partial charge is 0.548 e. The highest BCUT2D eigenvalue weighted by Gasteiger charge is 2.53. The second kappa shape index (κ2) is 7.36. The van der Waals surface area contributed by atoms with E-state index < -0.39 is 23.6 Å². The predicted molar refractivity (Wildman–Crippen MR) is 98.7 cm³/mol. The van der Waals surface area contributed by atoms with Crippen LogP contribution in [0.15, 0.2) is 47.1 Å². The number of likely N-dealkylation sites (tertiary alicyclic amines) is 1. The number of carbonyl (C=O) groups excluding carboxylic acids is 3. The van der Waals surface area contributed by atoms with Gasteiger partial charge in [0.15, 0.2) is 5.76 Å². The number of carboxylic acids is 1. The van der Waals surface area contributed by atoms with Crippen molar-refractivity contribution in [1.29, 1.82) is 0 Å². The first kappa shape index (κ1) is 19.2. The van der Waals surface area contributed by atoms with Gasteiger partial charge in [-0.2, -0.15) is 0 Å². The van der Waals surface area contributed by atoms with Crippen LogP contribution in [-0.2, 0) is 9.53 Å². The Labute approximate surface area is 167 Å². The Kier molecular flexibility index (Phi) is 4.87. The molecule has 2 aromatic rings. The number of furan rings is 1. The number of aliphatic carboxylic acids is 1. The summed E-state index contributed by atoms with van der Waals surface area (Å²) in [5, 5.41) is 11.6. The van der Waals surface area contributed by atoms with Gasteiger partial charge in [-0.25, -0.2) is 0 Å². The minimum Gasteiger partial charge on any atom is -0.548 e. The van der Waals surface area contributed by atoms with Crippen molar-refractivity contribution in [2.75, 3.05) is 19.7 Å². The topological polar surface area (TPSA) is 103 Å². The van der Waals surface area contributed by atoms with Gasteiger partial charge < -0.3 is 24.0 Å². The number of benzene rings is 1. The number of hydrogen-bond acceptors (Lipinski definition) is 6. The summed E-state index contributed by atoms with van der Waals surface area (Å²) >= 11 is 0. The lowest BCUT2D eigenvalue weighted by Gasteiger charge is -2.44. The van der Waals surface area contributed by atoms with Gasteiger partial charge in [-0.3, -0.25) is 14.5 Å². The van der Waals surface area contributed by atoms with Crippen LogP contribution in [0, 0.1) is 6.92 Å². The smallest absolute Gasteiger partial charge is 0.292 e. The van der Waals surface area contributed by atoms with E-state index in [1.165, 1.54) is 17.2 Å². The quantitative estimate of drug-likeness (QED) is 0.759. The molecular weight excluding hydrogens is 376 g/mol. The Bertz CT molecular complexity index is 930. The van der Waals surface area contributed by atoms with Crippen LogP contribution in [0.4, 0.5) is 0 Å². The van der Waals surface area contributed by atoms with Gasteiger partial charge in [-0.05, 0) is 31.2 Å². The summed E-state index contributed by atoms with van der Waals surface area (Å²) in [5.74, 6) is -1.98. The van der Waals surface area contributed by atoms with Crippen LogP contribution in [0.1, 0.15) is 39.3 Å². The van der Waals surface area contributed by atoms with Crippen molar-refractivity contribution in [1.82, 2.24) is 9.80 Å². The van der Waals surface area contributed by atoms with E-state index in [0.717, 1.165) is 5.56 Å². The fourth-order valence-electron chi connectivity index (χ4n) is 4.09. The molecule has 3 heterocycles. The van der Waals surface area contributed by atoms with Gasteiger partial charge in [0.25, 0.3) is 11.8 Å². The first-order valence-electron chi connectivity index (χ1n) is 9.49. The van der Waals surface area contributed by atoms with Crippen molar-refractivity contribution >= 4 is 17.8 Å². The summed E-state index contributed by atoms with van der Waals surface area (Å²) in [7, 11) is 0. The number of carboxylic acid groups (broad SMARTS) is 1. The van der Waals surface area contributed by atoms with Crippen LogP contribution in [0.25, 0.3) is 0 Å². The highest BCUT2D eigenvalue weighted by Crippen LogP contribution is 2.38. The van der Waals surface area contributed by atoms with Crippen LogP contribution in [0.5, 0.6) is 0 Å². The lowest BCUT2D eigenvalue weighted by atomic mass is 9.96. The minimum atomic E-state index is -1.37. The summed E-state index contributed by atoms with van der Waals surface area (Å²) in [6.07, 6.45) is 1.97. The number of piperidine rings is 1. The van der Waals surface area contributed by atoms with Gasteiger partial charge in [0, 0.05) is 31.5 Å². The molecule has 2 fully saturated rings. The Morgan fingerprint density at radius 2 is 1.86 bits per heavy atom. The number of nitrogens with zero attached hydrogens (tertiary/aromatic N) is 2. The molecule has 2 saturated heterocycles. The molecule has 0 saturated carbocycles. The van der Waals surface area contributed by atoms with E-state index in [2.05, 4.69) is 0 Å². The van der Waals surface area contributed by atoms with Gasteiger partial charge in [-0.15, -0.1) is 0 Å². The van der Waals surface area contributed by atoms with E-state index in [9.17, 15) is 19.5 Å². The Morgan fingerprint density at radius 1 is 1.10 bits per heavy atom. The van der Waals surface area contributed by atoms with Crippen molar-refractivity contribution in [2.24, 2.45) is 0 Å². The zero-order chi connectivity index (χ0) is 20.6. The highest BCUT2D eigenvalue weighted by molar-refractivity contribution is 5.96. The third-order valence-electron chi connectivity index (χ3n) is 5.58. The molecule has 0 unspecified atom stereocenters. The van der Waals surface area contributed by atoms with Crippen molar-refractivity contribution in [2.45, 2.75) is 31.5 Å². The average Bonchev–Trinajstić information content (AvgIpc) is 3.36. The SMILES string of the molecule is Cc1cccc(C(=O)N2CCC3(CC2)OC[C@H](C(=O)[O-])N3C(=O)c2ccco2)c1. The van der Waals surface area contributed by atoms with Gasteiger partial charge in [-0.1, -0.05) is 17.7 Å². The maximum absolute atomic E-state index is 13.0. The van der Waals surface area contributed by atoms with Crippen molar-refractivity contribution in [3.63, 3.8) is 0 Å².